The maximum atomic E-state index is 12.1. The molecule has 1 saturated heterocycles. The number of benzene rings is 2. The first-order chi connectivity index (χ1) is 14.3. The van der Waals surface area contributed by atoms with E-state index in [-0.39, 0.29) is 6.03 Å². The lowest BCUT2D eigenvalue weighted by atomic mass is 10.2. The molecular formula is C23H30N4O2. The number of ether oxygens (including phenoxy) is 1. The van der Waals surface area contributed by atoms with Crippen LogP contribution in [0.25, 0.3) is 0 Å². The van der Waals surface area contributed by atoms with Gasteiger partial charge in [-0.05, 0) is 61.7 Å². The number of carbonyl (C=O) groups is 1. The highest BCUT2D eigenvalue weighted by molar-refractivity contribution is 5.89. The molecule has 2 amide bonds. The highest BCUT2D eigenvalue weighted by atomic mass is 16.5. The van der Waals surface area contributed by atoms with E-state index in [9.17, 15) is 4.79 Å². The number of nitrogens with zero attached hydrogens (tertiary/aromatic N) is 2. The van der Waals surface area contributed by atoms with Crippen LogP contribution in [0.2, 0.25) is 0 Å². The number of rotatable bonds is 7. The highest BCUT2D eigenvalue weighted by Crippen LogP contribution is 2.34. The van der Waals surface area contributed by atoms with Crippen molar-refractivity contribution >= 4 is 23.1 Å². The molecule has 6 heteroatoms. The lowest BCUT2D eigenvalue weighted by molar-refractivity contribution is 0.0372. The van der Waals surface area contributed by atoms with Crippen molar-refractivity contribution in [1.82, 2.24) is 10.2 Å². The Bertz CT molecular complexity index is 803. The molecule has 0 aliphatic carbocycles. The number of carbonyl (C=O) groups excluding carboxylic acids is 1. The Labute approximate surface area is 172 Å². The van der Waals surface area contributed by atoms with Crippen molar-refractivity contribution in [2.24, 2.45) is 0 Å². The SMILES string of the molecule is O=C(NCCCCN1CCOCC1)Nc1ccc(N2CCc3ccccc32)cc1. The fraction of sp³-hybridized carbons (Fsp3) is 0.435. The summed E-state index contributed by atoms with van der Waals surface area (Å²) in [5, 5.41) is 5.87. The van der Waals surface area contributed by atoms with Gasteiger partial charge in [0.25, 0.3) is 0 Å². The first-order valence-electron chi connectivity index (χ1n) is 10.6. The minimum Gasteiger partial charge on any atom is -0.379 e. The minimum absolute atomic E-state index is 0.143. The Morgan fingerprint density at radius 3 is 2.59 bits per heavy atom. The fourth-order valence-electron chi connectivity index (χ4n) is 3.99. The maximum Gasteiger partial charge on any atom is 0.319 e. The van der Waals surface area contributed by atoms with Crippen LogP contribution in [0.15, 0.2) is 48.5 Å². The first-order valence-corrected chi connectivity index (χ1v) is 10.6. The molecule has 2 N–H and O–H groups in total. The third kappa shape index (κ3) is 5.28. The molecule has 0 radical (unpaired) electrons. The number of para-hydroxylation sites is 1. The van der Waals surface area contributed by atoms with E-state index in [1.54, 1.807) is 0 Å². The van der Waals surface area contributed by atoms with Crippen LogP contribution in [0.1, 0.15) is 18.4 Å². The summed E-state index contributed by atoms with van der Waals surface area (Å²) in [5.41, 5.74) is 4.64. The van der Waals surface area contributed by atoms with E-state index in [2.05, 4.69) is 56.8 Å². The Morgan fingerprint density at radius 2 is 1.76 bits per heavy atom. The summed E-state index contributed by atoms with van der Waals surface area (Å²) in [4.78, 5) is 16.9. The lowest BCUT2D eigenvalue weighted by Crippen LogP contribution is -2.37. The van der Waals surface area contributed by atoms with Crippen molar-refractivity contribution in [2.75, 3.05) is 56.2 Å². The molecule has 2 heterocycles. The number of unbranched alkanes of at least 4 members (excludes halogenated alkanes) is 1. The zero-order valence-corrected chi connectivity index (χ0v) is 16.9. The smallest absolute Gasteiger partial charge is 0.319 e. The van der Waals surface area contributed by atoms with Gasteiger partial charge in [0, 0.05) is 43.2 Å². The predicted molar refractivity (Wildman–Crippen MR) is 117 cm³/mol. The molecule has 1 fully saturated rings. The van der Waals surface area contributed by atoms with Crippen LogP contribution in [-0.2, 0) is 11.2 Å². The van der Waals surface area contributed by atoms with Gasteiger partial charge in [0.15, 0.2) is 0 Å². The quantitative estimate of drug-likeness (QED) is 0.705. The Morgan fingerprint density at radius 1 is 0.966 bits per heavy atom. The zero-order valence-electron chi connectivity index (χ0n) is 16.9. The van der Waals surface area contributed by atoms with Crippen LogP contribution in [0, 0.1) is 0 Å². The van der Waals surface area contributed by atoms with Gasteiger partial charge < -0.3 is 20.3 Å². The second-order valence-corrected chi connectivity index (χ2v) is 7.62. The number of morpholine rings is 1. The monoisotopic (exact) mass is 394 g/mol. The van der Waals surface area contributed by atoms with Gasteiger partial charge in [-0.3, -0.25) is 4.90 Å². The van der Waals surface area contributed by atoms with Crippen LogP contribution in [0.3, 0.4) is 0 Å². The summed E-state index contributed by atoms with van der Waals surface area (Å²) in [6.07, 6.45) is 3.15. The van der Waals surface area contributed by atoms with E-state index in [0.717, 1.165) is 70.0 Å². The average Bonchev–Trinajstić information content (AvgIpc) is 3.19. The summed E-state index contributed by atoms with van der Waals surface area (Å²) in [7, 11) is 0. The van der Waals surface area contributed by atoms with Crippen LogP contribution < -0.4 is 15.5 Å². The molecule has 2 aliphatic rings. The molecule has 0 aromatic heterocycles. The van der Waals surface area contributed by atoms with Crippen molar-refractivity contribution in [3.63, 3.8) is 0 Å². The van der Waals surface area contributed by atoms with Crippen LogP contribution >= 0.6 is 0 Å². The van der Waals surface area contributed by atoms with Gasteiger partial charge in [0.2, 0.25) is 0 Å². The van der Waals surface area contributed by atoms with Gasteiger partial charge in [0.1, 0.15) is 0 Å². The topological polar surface area (TPSA) is 56.8 Å². The Hall–Kier alpha value is -2.57. The summed E-state index contributed by atoms with van der Waals surface area (Å²) in [6.45, 7) is 6.48. The lowest BCUT2D eigenvalue weighted by Gasteiger charge is -2.26. The molecule has 2 aromatic rings. The third-order valence-electron chi connectivity index (χ3n) is 5.61. The Balaban J connectivity index is 1.18. The molecule has 6 nitrogen and oxygen atoms in total. The Kier molecular flexibility index (Phi) is 6.64. The first kappa shape index (κ1) is 19.7. The number of hydrogen-bond donors (Lipinski definition) is 2. The molecular weight excluding hydrogens is 364 g/mol. The van der Waals surface area contributed by atoms with Crippen molar-refractivity contribution in [3.8, 4) is 0 Å². The van der Waals surface area contributed by atoms with Crippen LogP contribution in [-0.4, -0.2) is 56.9 Å². The molecule has 2 aliphatic heterocycles. The highest BCUT2D eigenvalue weighted by Gasteiger charge is 2.19. The summed E-state index contributed by atoms with van der Waals surface area (Å²) in [5.74, 6) is 0. The predicted octanol–water partition coefficient (Wildman–Crippen LogP) is 3.61. The zero-order chi connectivity index (χ0) is 19.9. The largest absolute Gasteiger partial charge is 0.379 e. The van der Waals surface area contributed by atoms with Gasteiger partial charge in [-0.1, -0.05) is 18.2 Å². The number of nitrogens with one attached hydrogen (secondary N) is 2. The number of urea groups is 1. The fourth-order valence-corrected chi connectivity index (χ4v) is 3.99. The van der Waals surface area contributed by atoms with E-state index in [1.807, 2.05) is 12.1 Å². The van der Waals surface area contributed by atoms with Gasteiger partial charge in [-0.25, -0.2) is 4.79 Å². The molecule has 0 spiro atoms. The molecule has 2 aromatic carbocycles. The van der Waals surface area contributed by atoms with Gasteiger partial charge in [-0.2, -0.15) is 0 Å². The van der Waals surface area contributed by atoms with Crippen molar-refractivity contribution in [2.45, 2.75) is 19.3 Å². The second kappa shape index (κ2) is 9.76. The normalized spacial score (nSPS) is 16.5. The molecule has 0 bridgehead atoms. The molecule has 0 unspecified atom stereocenters. The molecule has 4 rings (SSSR count). The number of anilines is 3. The number of hydrogen-bond acceptors (Lipinski definition) is 4. The molecule has 0 atom stereocenters. The van der Waals surface area contributed by atoms with E-state index < -0.39 is 0 Å². The van der Waals surface area contributed by atoms with E-state index in [0.29, 0.717) is 6.54 Å². The van der Waals surface area contributed by atoms with Gasteiger partial charge in [0.05, 0.1) is 13.2 Å². The van der Waals surface area contributed by atoms with Gasteiger partial charge in [-0.15, -0.1) is 0 Å². The van der Waals surface area contributed by atoms with Crippen LogP contribution in [0.5, 0.6) is 0 Å². The third-order valence-corrected chi connectivity index (χ3v) is 5.61. The summed E-state index contributed by atoms with van der Waals surface area (Å²) in [6, 6.07) is 16.5. The van der Waals surface area contributed by atoms with E-state index in [1.165, 1.54) is 11.3 Å². The summed E-state index contributed by atoms with van der Waals surface area (Å²) >= 11 is 0. The second-order valence-electron chi connectivity index (χ2n) is 7.62. The molecule has 154 valence electrons. The number of fused-ring (bicyclic) bond motifs is 1. The molecule has 0 saturated carbocycles. The standard InChI is InChI=1S/C23H30N4O2/c28-23(24-12-3-4-13-26-15-17-29-18-16-26)25-20-7-9-21(10-8-20)27-14-11-19-5-1-2-6-22(19)27/h1-2,5-10H,3-4,11-18H2,(H2,24,25,28). The average molecular weight is 395 g/mol. The minimum atomic E-state index is -0.143. The van der Waals surface area contributed by atoms with Crippen molar-refractivity contribution in [3.05, 3.63) is 54.1 Å². The van der Waals surface area contributed by atoms with Crippen LogP contribution in [0.4, 0.5) is 21.9 Å². The van der Waals surface area contributed by atoms with Crippen molar-refractivity contribution < 1.29 is 9.53 Å². The molecule has 29 heavy (non-hydrogen) atoms. The van der Waals surface area contributed by atoms with E-state index >= 15 is 0 Å². The number of amides is 2. The van der Waals surface area contributed by atoms with Gasteiger partial charge >= 0.3 is 6.03 Å². The van der Waals surface area contributed by atoms with E-state index in [4.69, 9.17) is 4.74 Å². The van der Waals surface area contributed by atoms with Crippen molar-refractivity contribution in [1.29, 1.82) is 0 Å². The summed E-state index contributed by atoms with van der Waals surface area (Å²) < 4.78 is 5.36. The maximum absolute atomic E-state index is 12.1.